The Morgan fingerprint density at radius 2 is 1.94 bits per heavy atom. The first-order chi connectivity index (χ1) is 8.31. The van der Waals surface area contributed by atoms with Crippen LogP contribution in [0, 0.1) is 0 Å². The summed E-state index contributed by atoms with van der Waals surface area (Å²) in [5, 5.41) is 5.90. The highest BCUT2D eigenvalue weighted by molar-refractivity contribution is 5.83. The molecule has 17 heavy (non-hydrogen) atoms. The molecular weight excluding hydrogens is 210 g/mol. The lowest BCUT2D eigenvalue weighted by Crippen LogP contribution is -2.20. The summed E-state index contributed by atoms with van der Waals surface area (Å²) in [6.45, 7) is 3.15. The molecule has 2 unspecified atom stereocenters. The van der Waals surface area contributed by atoms with Crippen LogP contribution in [0.2, 0.25) is 0 Å². The number of rotatable bonds is 2. The average Bonchev–Trinajstić information content (AvgIpc) is 2.75. The molecule has 0 aromatic heterocycles. The predicted octanol–water partition coefficient (Wildman–Crippen LogP) is 2.97. The van der Waals surface area contributed by atoms with Gasteiger partial charge < -0.3 is 10.1 Å². The first-order valence-electron chi connectivity index (χ1n) is 6.20. The summed E-state index contributed by atoms with van der Waals surface area (Å²) in [7, 11) is 0. The maximum Gasteiger partial charge on any atom is 0.120 e. The smallest absolute Gasteiger partial charge is 0.120 e. The van der Waals surface area contributed by atoms with Gasteiger partial charge in [0, 0.05) is 19.0 Å². The normalized spacial score (nSPS) is 24.1. The molecule has 0 aliphatic carbocycles. The molecule has 1 fully saturated rings. The molecule has 0 bridgehead atoms. The third-order valence-electron chi connectivity index (χ3n) is 3.33. The summed E-state index contributed by atoms with van der Waals surface area (Å²) >= 11 is 0. The van der Waals surface area contributed by atoms with Gasteiger partial charge in [-0.2, -0.15) is 0 Å². The van der Waals surface area contributed by atoms with E-state index < -0.39 is 0 Å². The average molecular weight is 227 g/mol. The third kappa shape index (κ3) is 2.27. The van der Waals surface area contributed by atoms with Crippen molar-refractivity contribution >= 4 is 10.8 Å². The van der Waals surface area contributed by atoms with E-state index in [9.17, 15) is 0 Å². The molecule has 2 heteroatoms. The molecule has 2 atom stereocenters. The van der Waals surface area contributed by atoms with Crippen molar-refractivity contribution in [2.75, 3.05) is 6.54 Å². The van der Waals surface area contributed by atoms with Crippen LogP contribution in [-0.2, 0) is 0 Å². The van der Waals surface area contributed by atoms with Gasteiger partial charge in [-0.3, -0.25) is 0 Å². The molecule has 88 valence electrons. The molecule has 1 heterocycles. The van der Waals surface area contributed by atoms with Gasteiger partial charge in [-0.05, 0) is 29.8 Å². The maximum atomic E-state index is 5.99. The molecule has 1 aliphatic rings. The Morgan fingerprint density at radius 1 is 1.12 bits per heavy atom. The third-order valence-corrected chi connectivity index (χ3v) is 3.33. The number of fused-ring (bicyclic) bond motifs is 1. The van der Waals surface area contributed by atoms with Gasteiger partial charge in [0.2, 0.25) is 0 Å². The predicted molar refractivity (Wildman–Crippen MR) is 70.4 cm³/mol. The fraction of sp³-hybridized carbons (Fsp3) is 0.333. The van der Waals surface area contributed by atoms with E-state index in [1.165, 1.54) is 10.8 Å². The minimum atomic E-state index is 0.311. The van der Waals surface area contributed by atoms with Gasteiger partial charge >= 0.3 is 0 Å². The lowest BCUT2D eigenvalue weighted by molar-refractivity contribution is 0.221. The monoisotopic (exact) mass is 227 g/mol. The van der Waals surface area contributed by atoms with Crippen molar-refractivity contribution in [3.8, 4) is 5.75 Å². The van der Waals surface area contributed by atoms with E-state index in [2.05, 4.69) is 54.7 Å². The second kappa shape index (κ2) is 4.38. The molecule has 2 aromatic rings. The molecule has 2 aromatic carbocycles. The first kappa shape index (κ1) is 10.6. The minimum Gasteiger partial charge on any atom is -0.489 e. The van der Waals surface area contributed by atoms with Gasteiger partial charge in [-0.1, -0.05) is 30.3 Å². The molecule has 1 saturated heterocycles. The van der Waals surface area contributed by atoms with Gasteiger partial charge in [0.1, 0.15) is 11.9 Å². The Bertz CT molecular complexity index is 523. The standard InChI is InChI=1S/C15H17NO/c1-11-8-15(10-16-11)17-14-7-6-12-4-2-3-5-13(12)9-14/h2-7,9,11,15-16H,8,10H2,1H3. The topological polar surface area (TPSA) is 21.3 Å². The van der Waals surface area contributed by atoms with E-state index in [4.69, 9.17) is 4.74 Å². The maximum absolute atomic E-state index is 5.99. The largest absolute Gasteiger partial charge is 0.489 e. The Kier molecular flexibility index (Phi) is 2.73. The lowest BCUT2D eigenvalue weighted by atomic mass is 10.1. The zero-order chi connectivity index (χ0) is 11.7. The molecule has 0 amide bonds. The van der Waals surface area contributed by atoms with Crippen LogP contribution in [0.1, 0.15) is 13.3 Å². The van der Waals surface area contributed by atoms with Crippen molar-refractivity contribution in [2.24, 2.45) is 0 Å². The second-order valence-corrected chi connectivity index (χ2v) is 4.79. The highest BCUT2D eigenvalue weighted by Crippen LogP contribution is 2.23. The van der Waals surface area contributed by atoms with Crippen molar-refractivity contribution < 1.29 is 4.74 Å². The van der Waals surface area contributed by atoms with Crippen molar-refractivity contribution in [3.63, 3.8) is 0 Å². The summed E-state index contributed by atoms with van der Waals surface area (Å²) in [5.41, 5.74) is 0. The Morgan fingerprint density at radius 3 is 2.71 bits per heavy atom. The molecule has 0 radical (unpaired) electrons. The minimum absolute atomic E-state index is 0.311. The van der Waals surface area contributed by atoms with E-state index in [1.54, 1.807) is 0 Å². The summed E-state index contributed by atoms with van der Waals surface area (Å²) < 4.78 is 5.99. The zero-order valence-electron chi connectivity index (χ0n) is 10.0. The molecule has 1 aliphatic heterocycles. The van der Waals surface area contributed by atoms with E-state index in [0.29, 0.717) is 12.1 Å². The van der Waals surface area contributed by atoms with E-state index in [1.807, 2.05) is 0 Å². The zero-order valence-corrected chi connectivity index (χ0v) is 10.0. The molecular formula is C15H17NO. The number of benzene rings is 2. The number of hydrogen-bond donors (Lipinski definition) is 1. The van der Waals surface area contributed by atoms with Crippen LogP contribution in [0.3, 0.4) is 0 Å². The van der Waals surface area contributed by atoms with Gasteiger partial charge in [0.25, 0.3) is 0 Å². The van der Waals surface area contributed by atoms with Crippen LogP contribution in [0.25, 0.3) is 10.8 Å². The van der Waals surface area contributed by atoms with Crippen LogP contribution < -0.4 is 10.1 Å². The number of hydrogen-bond acceptors (Lipinski definition) is 2. The highest BCUT2D eigenvalue weighted by atomic mass is 16.5. The second-order valence-electron chi connectivity index (χ2n) is 4.79. The fourth-order valence-electron chi connectivity index (χ4n) is 2.42. The van der Waals surface area contributed by atoms with Crippen molar-refractivity contribution in [1.82, 2.24) is 5.32 Å². The molecule has 0 spiro atoms. The molecule has 0 saturated carbocycles. The van der Waals surface area contributed by atoms with Crippen molar-refractivity contribution in [3.05, 3.63) is 42.5 Å². The lowest BCUT2D eigenvalue weighted by Gasteiger charge is -2.13. The van der Waals surface area contributed by atoms with Crippen LogP contribution in [0.4, 0.5) is 0 Å². The number of nitrogens with one attached hydrogen (secondary N) is 1. The summed E-state index contributed by atoms with van der Waals surface area (Å²) in [4.78, 5) is 0. The summed E-state index contributed by atoms with van der Waals surface area (Å²) in [5.74, 6) is 0.976. The summed E-state index contributed by atoms with van der Waals surface area (Å²) in [6, 6.07) is 15.2. The van der Waals surface area contributed by atoms with Gasteiger partial charge in [0.05, 0.1) is 0 Å². The Hall–Kier alpha value is -1.54. The molecule has 3 rings (SSSR count). The molecule has 2 nitrogen and oxygen atoms in total. The summed E-state index contributed by atoms with van der Waals surface area (Å²) in [6.07, 6.45) is 1.40. The van der Waals surface area contributed by atoms with Gasteiger partial charge in [-0.25, -0.2) is 0 Å². The van der Waals surface area contributed by atoms with Crippen LogP contribution in [0.15, 0.2) is 42.5 Å². The highest BCUT2D eigenvalue weighted by Gasteiger charge is 2.21. The Labute approximate surface area is 102 Å². The van der Waals surface area contributed by atoms with Crippen LogP contribution in [-0.4, -0.2) is 18.7 Å². The van der Waals surface area contributed by atoms with E-state index in [-0.39, 0.29) is 0 Å². The van der Waals surface area contributed by atoms with E-state index >= 15 is 0 Å². The Balaban J connectivity index is 1.81. The first-order valence-corrected chi connectivity index (χ1v) is 6.20. The van der Waals surface area contributed by atoms with Gasteiger partial charge in [0.15, 0.2) is 0 Å². The number of ether oxygens (including phenoxy) is 1. The van der Waals surface area contributed by atoms with Crippen molar-refractivity contribution in [2.45, 2.75) is 25.5 Å². The van der Waals surface area contributed by atoms with E-state index in [0.717, 1.165) is 18.7 Å². The fourth-order valence-corrected chi connectivity index (χ4v) is 2.42. The molecule has 1 N–H and O–H groups in total. The van der Waals surface area contributed by atoms with Crippen molar-refractivity contribution in [1.29, 1.82) is 0 Å². The SMILES string of the molecule is CC1CC(Oc2ccc3ccccc3c2)CN1. The quantitative estimate of drug-likeness (QED) is 0.851. The van der Waals surface area contributed by atoms with Crippen LogP contribution in [0.5, 0.6) is 5.75 Å². The van der Waals surface area contributed by atoms with Gasteiger partial charge in [-0.15, -0.1) is 0 Å². The van der Waals surface area contributed by atoms with Crippen LogP contribution >= 0.6 is 0 Å².